The standard InChI is InChI=1S/C13H18FNO3/c1-10(13(16)17)18-8-7-15(2)9-11-5-3-4-6-12(11)14/h3-6,10H,7-9H2,1-2H3,(H,16,17). The molecule has 0 amide bonds. The fourth-order valence-electron chi connectivity index (χ4n) is 1.45. The fraction of sp³-hybridized carbons (Fsp3) is 0.462. The number of ether oxygens (including phenoxy) is 1. The molecule has 0 bridgehead atoms. The number of hydrogen-bond acceptors (Lipinski definition) is 3. The third kappa shape index (κ3) is 4.81. The molecular formula is C13H18FNO3. The van der Waals surface area contributed by atoms with E-state index in [1.807, 2.05) is 11.9 Å². The first-order valence-corrected chi connectivity index (χ1v) is 5.77. The highest BCUT2D eigenvalue weighted by Crippen LogP contribution is 2.08. The molecule has 0 heterocycles. The van der Waals surface area contributed by atoms with Gasteiger partial charge in [-0.1, -0.05) is 18.2 Å². The Morgan fingerprint density at radius 2 is 2.17 bits per heavy atom. The summed E-state index contributed by atoms with van der Waals surface area (Å²) < 4.78 is 18.5. The molecule has 5 heteroatoms. The zero-order valence-electron chi connectivity index (χ0n) is 10.6. The zero-order chi connectivity index (χ0) is 13.5. The second-order valence-electron chi connectivity index (χ2n) is 4.18. The third-order valence-corrected chi connectivity index (χ3v) is 2.59. The van der Waals surface area contributed by atoms with Crippen molar-refractivity contribution in [2.45, 2.75) is 19.6 Å². The van der Waals surface area contributed by atoms with Crippen LogP contribution in [0.3, 0.4) is 0 Å². The lowest BCUT2D eigenvalue weighted by molar-refractivity contribution is -0.149. The molecule has 0 spiro atoms. The van der Waals surface area contributed by atoms with Crippen LogP contribution in [0.4, 0.5) is 4.39 Å². The van der Waals surface area contributed by atoms with Crippen molar-refractivity contribution in [2.75, 3.05) is 20.2 Å². The van der Waals surface area contributed by atoms with Crippen LogP contribution in [0, 0.1) is 5.82 Å². The molecule has 1 rings (SSSR count). The van der Waals surface area contributed by atoms with E-state index in [2.05, 4.69) is 0 Å². The van der Waals surface area contributed by atoms with Crippen LogP contribution in [0.1, 0.15) is 12.5 Å². The minimum Gasteiger partial charge on any atom is -0.479 e. The van der Waals surface area contributed by atoms with Gasteiger partial charge in [0.25, 0.3) is 0 Å². The van der Waals surface area contributed by atoms with Crippen molar-refractivity contribution < 1.29 is 19.0 Å². The van der Waals surface area contributed by atoms with Crippen LogP contribution in [-0.2, 0) is 16.1 Å². The van der Waals surface area contributed by atoms with E-state index in [0.29, 0.717) is 25.3 Å². The number of halogens is 1. The van der Waals surface area contributed by atoms with Gasteiger partial charge >= 0.3 is 5.97 Å². The molecule has 0 saturated carbocycles. The molecule has 0 aliphatic carbocycles. The van der Waals surface area contributed by atoms with Crippen molar-refractivity contribution in [3.8, 4) is 0 Å². The van der Waals surface area contributed by atoms with E-state index in [1.165, 1.54) is 13.0 Å². The van der Waals surface area contributed by atoms with E-state index in [9.17, 15) is 9.18 Å². The van der Waals surface area contributed by atoms with Gasteiger partial charge in [0.2, 0.25) is 0 Å². The third-order valence-electron chi connectivity index (χ3n) is 2.59. The number of benzene rings is 1. The number of rotatable bonds is 7. The molecule has 1 aromatic carbocycles. The molecular weight excluding hydrogens is 237 g/mol. The molecule has 0 aliphatic rings. The SMILES string of the molecule is CC(OCCN(C)Cc1ccccc1F)C(=O)O. The van der Waals surface area contributed by atoms with Crippen LogP contribution in [0.25, 0.3) is 0 Å². The lowest BCUT2D eigenvalue weighted by Gasteiger charge is -2.18. The van der Waals surface area contributed by atoms with E-state index in [4.69, 9.17) is 9.84 Å². The lowest BCUT2D eigenvalue weighted by atomic mass is 10.2. The van der Waals surface area contributed by atoms with Crippen molar-refractivity contribution in [1.29, 1.82) is 0 Å². The number of aliphatic carboxylic acids is 1. The summed E-state index contributed by atoms with van der Waals surface area (Å²) in [6.45, 7) is 2.81. The Bertz CT molecular complexity index is 398. The summed E-state index contributed by atoms with van der Waals surface area (Å²) in [5, 5.41) is 8.63. The van der Waals surface area contributed by atoms with E-state index < -0.39 is 12.1 Å². The first-order valence-electron chi connectivity index (χ1n) is 5.77. The van der Waals surface area contributed by atoms with Gasteiger partial charge in [-0.05, 0) is 20.0 Å². The number of carboxylic acids is 1. The summed E-state index contributed by atoms with van der Waals surface area (Å²) in [6, 6.07) is 6.59. The highest BCUT2D eigenvalue weighted by Gasteiger charge is 2.11. The summed E-state index contributed by atoms with van der Waals surface area (Å²) in [6.07, 6.45) is -0.813. The molecule has 4 nitrogen and oxygen atoms in total. The summed E-state index contributed by atoms with van der Waals surface area (Å²) in [7, 11) is 1.83. The van der Waals surface area contributed by atoms with Gasteiger partial charge in [-0.25, -0.2) is 9.18 Å². The van der Waals surface area contributed by atoms with Crippen molar-refractivity contribution >= 4 is 5.97 Å². The minimum atomic E-state index is -0.980. The van der Waals surface area contributed by atoms with Gasteiger partial charge in [-0.3, -0.25) is 4.90 Å². The van der Waals surface area contributed by atoms with Crippen molar-refractivity contribution in [3.05, 3.63) is 35.6 Å². The van der Waals surface area contributed by atoms with Crippen LogP contribution in [0.2, 0.25) is 0 Å². The summed E-state index contributed by atoms with van der Waals surface area (Å²) >= 11 is 0. The van der Waals surface area contributed by atoms with Crippen molar-refractivity contribution in [1.82, 2.24) is 4.90 Å². The number of carboxylic acid groups (broad SMARTS) is 1. The van der Waals surface area contributed by atoms with Crippen LogP contribution < -0.4 is 0 Å². The van der Waals surface area contributed by atoms with Crippen LogP contribution in [0.15, 0.2) is 24.3 Å². The molecule has 0 aromatic heterocycles. The molecule has 0 saturated heterocycles. The summed E-state index contributed by atoms with van der Waals surface area (Å²) in [5.74, 6) is -1.21. The van der Waals surface area contributed by atoms with Gasteiger partial charge in [0, 0.05) is 18.7 Å². The molecule has 0 radical (unpaired) electrons. The first kappa shape index (κ1) is 14.6. The number of hydrogen-bond donors (Lipinski definition) is 1. The molecule has 100 valence electrons. The predicted octanol–water partition coefficient (Wildman–Crippen LogP) is 1.75. The molecule has 18 heavy (non-hydrogen) atoms. The predicted molar refractivity (Wildman–Crippen MR) is 65.8 cm³/mol. The molecule has 0 aliphatic heterocycles. The van der Waals surface area contributed by atoms with Crippen LogP contribution >= 0.6 is 0 Å². The number of carbonyl (C=O) groups is 1. The normalized spacial score (nSPS) is 12.7. The first-order chi connectivity index (χ1) is 8.50. The Morgan fingerprint density at radius 3 is 2.78 bits per heavy atom. The molecule has 1 unspecified atom stereocenters. The number of nitrogens with zero attached hydrogens (tertiary/aromatic N) is 1. The van der Waals surface area contributed by atoms with Gasteiger partial charge in [0.05, 0.1) is 6.61 Å². The highest BCUT2D eigenvalue weighted by atomic mass is 19.1. The van der Waals surface area contributed by atoms with Crippen LogP contribution in [-0.4, -0.2) is 42.3 Å². The quantitative estimate of drug-likeness (QED) is 0.806. The van der Waals surface area contributed by atoms with Gasteiger partial charge in [0.15, 0.2) is 6.10 Å². The Balaban J connectivity index is 2.32. The summed E-state index contributed by atoms with van der Waals surface area (Å²) in [4.78, 5) is 12.4. The van der Waals surface area contributed by atoms with E-state index in [-0.39, 0.29) is 5.82 Å². The zero-order valence-corrected chi connectivity index (χ0v) is 10.6. The second-order valence-corrected chi connectivity index (χ2v) is 4.18. The van der Waals surface area contributed by atoms with Gasteiger partial charge in [-0.15, -0.1) is 0 Å². The smallest absolute Gasteiger partial charge is 0.332 e. The largest absolute Gasteiger partial charge is 0.479 e. The molecule has 1 N–H and O–H groups in total. The topological polar surface area (TPSA) is 49.8 Å². The van der Waals surface area contributed by atoms with Gasteiger partial charge in [0.1, 0.15) is 5.82 Å². The van der Waals surface area contributed by atoms with Gasteiger partial charge < -0.3 is 9.84 Å². The van der Waals surface area contributed by atoms with E-state index in [0.717, 1.165) is 0 Å². The maximum atomic E-state index is 13.4. The average molecular weight is 255 g/mol. The lowest BCUT2D eigenvalue weighted by Crippen LogP contribution is -2.27. The summed E-state index contributed by atoms with van der Waals surface area (Å²) in [5.41, 5.74) is 0.617. The van der Waals surface area contributed by atoms with Crippen LogP contribution in [0.5, 0.6) is 0 Å². The van der Waals surface area contributed by atoms with Crippen molar-refractivity contribution in [2.24, 2.45) is 0 Å². The second kappa shape index (κ2) is 7.08. The van der Waals surface area contributed by atoms with E-state index in [1.54, 1.807) is 18.2 Å². The molecule has 1 atom stereocenters. The Morgan fingerprint density at radius 1 is 1.50 bits per heavy atom. The number of likely N-dealkylation sites (N-methyl/N-ethyl adjacent to an activating group) is 1. The Kier molecular flexibility index (Phi) is 5.74. The van der Waals surface area contributed by atoms with Crippen molar-refractivity contribution in [3.63, 3.8) is 0 Å². The highest BCUT2D eigenvalue weighted by molar-refractivity contribution is 5.71. The molecule has 0 fully saturated rings. The Hall–Kier alpha value is -1.46. The monoisotopic (exact) mass is 255 g/mol. The van der Waals surface area contributed by atoms with Gasteiger partial charge in [-0.2, -0.15) is 0 Å². The maximum absolute atomic E-state index is 13.4. The minimum absolute atomic E-state index is 0.232. The molecule has 1 aromatic rings. The maximum Gasteiger partial charge on any atom is 0.332 e. The fourth-order valence-corrected chi connectivity index (χ4v) is 1.45. The van der Waals surface area contributed by atoms with E-state index >= 15 is 0 Å². The average Bonchev–Trinajstić information content (AvgIpc) is 2.32. The Labute approximate surface area is 106 Å².